The average molecular weight is 469 g/mol. The molecule has 0 saturated carbocycles. The van der Waals surface area contributed by atoms with Gasteiger partial charge in [-0.25, -0.2) is 0 Å². The van der Waals surface area contributed by atoms with Crippen LogP contribution in [0.3, 0.4) is 0 Å². The summed E-state index contributed by atoms with van der Waals surface area (Å²) in [5.41, 5.74) is 1.28. The van der Waals surface area contributed by atoms with Gasteiger partial charge in [-0.15, -0.1) is 0 Å². The maximum absolute atomic E-state index is 6.41. The molecule has 0 spiro atoms. The van der Waals surface area contributed by atoms with E-state index in [9.17, 15) is 0 Å². The van der Waals surface area contributed by atoms with Crippen molar-refractivity contribution in [2.24, 2.45) is 0 Å². The molecule has 0 aromatic heterocycles. The minimum atomic E-state index is 0.0992. The van der Waals surface area contributed by atoms with Crippen LogP contribution in [0.25, 0.3) is 11.1 Å². The molecule has 24 heavy (non-hydrogen) atoms. The van der Waals surface area contributed by atoms with E-state index in [4.69, 9.17) is 90.7 Å². The fourth-order valence-electron chi connectivity index (χ4n) is 2.24. The van der Waals surface area contributed by atoms with E-state index in [1.54, 1.807) is 6.92 Å². The monoisotopic (exact) mass is 466 g/mol. The molecule has 0 heterocycles. The van der Waals surface area contributed by atoms with Gasteiger partial charge in [0.2, 0.25) is 0 Å². The average Bonchev–Trinajstić information content (AvgIpc) is 2.55. The van der Waals surface area contributed by atoms with Crippen LogP contribution in [0.4, 0.5) is 0 Å². The Kier molecular flexibility index (Phi) is 6.58. The number of hydrogen-bond acceptors (Lipinski definition) is 2. The van der Waals surface area contributed by atoms with E-state index in [0.717, 1.165) is 0 Å². The van der Waals surface area contributed by atoms with Gasteiger partial charge in [-0.1, -0.05) is 81.2 Å². The molecule has 2 aromatic rings. The quantitative estimate of drug-likeness (QED) is 0.422. The molecule has 0 atom stereocenters. The lowest BCUT2D eigenvalue weighted by atomic mass is 9.99. The second kappa shape index (κ2) is 7.75. The first-order valence-electron chi connectivity index (χ1n) is 6.30. The minimum absolute atomic E-state index is 0.0992. The molecule has 0 fully saturated rings. The van der Waals surface area contributed by atoms with Gasteiger partial charge < -0.3 is 9.47 Å². The van der Waals surface area contributed by atoms with Crippen LogP contribution in [0.2, 0.25) is 35.2 Å². The Morgan fingerprint density at radius 2 is 0.833 bits per heavy atom. The standard InChI is InChI=1S/C15H9Cl7O2/c1-4-5(8(17)11(20)14(23-2)7(4)16)6-9(18)12(21)15(24-3)13(22)10(6)19/h1-3H3. The molecule has 0 aliphatic heterocycles. The Morgan fingerprint density at radius 3 is 1.21 bits per heavy atom. The van der Waals surface area contributed by atoms with Gasteiger partial charge in [0.05, 0.1) is 34.3 Å². The van der Waals surface area contributed by atoms with Crippen LogP contribution < -0.4 is 9.47 Å². The van der Waals surface area contributed by atoms with E-state index in [-0.39, 0.29) is 46.7 Å². The second-order valence-electron chi connectivity index (χ2n) is 4.64. The van der Waals surface area contributed by atoms with Gasteiger partial charge in [-0.2, -0.15) is 0 Å². The molecule has 0 aliphatic carbocycles. The number of halogens is 7. The SMILES string of the molecule is COc1c(Cl)c(C)c(-c2c(Cl)c(Cl)c(OC)c(Cl)c2Cl)c(Cl)c1Cl. The van der Waals surface area contributed by atoms with Crippen molar-refractivity contribution in [1.29, 1.82) is 0 Å². The highest BCUT2D eigenvalue weighted by Gasteiger charge is 2.28. The maximum atomic E-state index is 6.41. The van der Waals surface area contributed by atoms with Crippen molar-refractivity contribution in [3.8, 4) is 22.6 Å². The van der Waals surface area contributed by atoms with Gasteiger partial charge >= 0.3 is 0 Å². The highest BCUT2D eigenvalue weighted by Crippen LogP contribution is 2.55. The fourth-order valence-corrected chi connectivity index (χ4v) is 4.32. The van der Waals surface area contributed by atoms with E-state index in [0.29, 0.717) is 16.7 Å². The molecule has 0 N–H and O–H groups in total. The minimum Gasteiger partial charge on any atom is -0.494 e. The summed E-state index contributed by atoms with van der Waals surface area (Å²) >= 11 is 44.2. The summed E-state index contributed by atoms with van der Waals surface area (Å²) < 4.78 is 10.3. The van der Waals surface area contributed by atoms with Crippen molar-refractivity contribution in [3.63, 3.8) is 0 Å². The van der Waals surface area contributed by atoms with Crippen LogP contribution in [-0.4, -0.2) is 14.2 Å². The molecule has 130 valence electrons. The molecule has 2 nitrogen and oxygen atoms in total. The summed E-state index contributed by atoms with van der Waals surface area (Å²) in [6, 6.07) is 0. The molecule has 0 radical (unpaired) electrons. The summed E-state index contributed by atoms with van der Waals surface area (Å²) in [6.45, 7) is 1.72. The molecule has 2 aromatic carbocycles. The lowest BCUT2D eigenvalue weighted by molar-refractivity contribution is 0.415. The molecule has 0 amide bonds. The topological polar surface area (TPSA) is 18.5 Å². The van der Waals surface area contributed by atoms with Gasteiger partial charge in [0.1, 0.15) is 15.1 Å². The third-order valence-electron chi connectivity index (χ3n) is 3.40. The van der Waals surface area contributed by atoms with Crippen molar-refractivity contribution < 1.29 is 9.47 Å². The van der Waals surface area contributed by atoms with Crippen molar-refractivity contribution in [2.45, 2.75) is 6.92 Å². The molecule has 0 aliphatic rings. The molecule has 0 saturated heterocycles. The molecular weight excluding hydrogens is 460 g/mol. The summed E-state index contributed by atoms with van der Waals surface area (Å²) in [5, 5.41) is 0.994. The zero-order valence-electron chi connectivity index (χ0n) is 12.5. The lowest BCUT2D eigenvalue weighted by Crippen LogP contribution is -1.97. The molecule has 9 heteroatoms. The van der Waals surface area contributed by atoms with Crippen LogP contribution in [-0.2, 0) is 0 Å². The van der Waals surface area contributed by atoms with Crippen LogP contribution in [0.1, 0.15) is 5.56 Å². The van der Waals surface area contributed by atoms with Crippen LogP contribution in [0.5, 0.6) is 11.5 Å². The smallest absolute Gasteiger partial charge is 0.159 e. The summed E-state index contributed by atoms with van der Waals surface area (Å²) in [6.07, 6.45) is 0. The van der Waals surface area contributed by atoms with Crippen molar-refractivity contribution in [2.75, 3.05) is 14.2 Å². The first-order valence-corrected chi connectivity index (χ1v) is 8.94. The fraction of sp³-hybridized carbons (Fsp3) is 0.200. The van der Waals surface area contributed by atoms with E-state index in [1.807, 2.05) is 0 Å². The molecule has 2 rings (SSSR count). The Labute approximate surface area is 174 Å². The Hall–Kier alpha value is 0.0700. The normalized spacial score (nSPS) is 10.9. The van der Waals surface area contributed by atoms with Crippen molar-refractivity contribution >= 4 is 81.2 Å². The molecule has 0 unspecified atom stereocenters. The first kappa shape index (κ1) is 20.4. The third kappa shape index (κ3) is 3.12. The zero-order valence-corrected chi connectivity index (χ0v) is 17.8. The second-order valence-corrected chi connectivity index (χ2v) is 7.29. The van der Waals surface area contributed by atoms with Crippen LogP contribution >= 0.6 is 81.2 Å². The van der Waals surface area contributed by atoms with Crippen LogP contribution in [0, 0.1) is 6.92 Å². The summed E-state index contributed by atoms with van der Waals surface area (Å²) in [5.74, 6) is 0.416. The Bertz CT molecular complexity index is 706. The van der Waals surface area contributed by atoms with E-state index >= 15 is 0 Å². The Morgan fingerprint density at radius 1 is 0.500 bits per heavy atom. The largest absolute Gasteiger partial charge is 0.494 e. The van der Waals surface area contributed by atoms with Gasteiger partial charge in [0.15, 0.2) is 11.5 Å². The molecular formula is C15H9Cl7O2. The van der Waals surface area contributed by atoms with Crippen LogP contribution in [0.15, 0.2) is 0 Å². The predicted octanol–water partition coefficient (Wildman–Crippen LogP) is 8.25. The number of methoxy groups -OCH3 is 2. The first-order chi connectivity index (χ1) is 11.2. The highest BCUT2D eigenvalue weighted by molar-refractivity contribution is 6.53. The summed E-state index contributed by atoms with van der Waals surface area (Å²) in [7, 11) is 2.84. The third-order valence-corrected chi connectivity index (χ3v) is 6.36. The van der Waals surface area contributed by atoms with Crippen molar-refractivity contribution in [3.05, 3.63) is 40.7 Å². The van der Waals surface area contributed by atoms with Crippen molar-refractivity contribution in [1.82, 2.24) is 0 Å². The lowest BCUT2D eigenvalue weighted by Gasteiger charge is -2.20. The van der Waals surface area contributed by atoms with E-state index in [1.165, 1.54) is 14.2 Å². The summed E-state index contributed by atoms with van der Waals surface area (Å²) in [4.78, 5) is 0. The number of hydrogen-bond donors (Lipinski definition) is 0. The Balaban J connectivity index is 2.99. The van der Waals surface area contributed by atoms with Gasteiger partial charge in [0, 0.05) is 11.1 Å². The van der Waals surface area contributed by atoms with Gasteiger partial charge in [-0.05, 0) is 12.5 Å². The number of rotatable bonds is 3. The highest BCUT2D eigenvalue weighted by atomic mass is 35.5. The predicted molar refractivity (Wildman–Crippen MR) is 105 cm³/mol. The molecule has 0 bridgehead atoms. The van der Waals surface area contributed by atoms with E-state index in [2.05, 4.69) is 0 Å². The van der Waals surface area contributed by atoms with Gasteiger partial charge in [-0.3, -0.25) is 0 Å². The van der Waals surface area contributed by atoms with Gasteiger partial charge in [0.25, 0.3) is 0 Å². The van der Waals surface area contributed by atoms with E-state index < -0.39 is 0 Å². The number of benzene rings is 2. The maximum Gasteiger partial charge on any atom is 0.159 e. The number of ether oxygens (including phenoxy) is 2. The zero-order chi connectivity index (χ0) is 18.3.